The third kappa shape index (κ3) is 6.21. The zero-order valence-corrected chi connectivity index (χ0v) is 8.10. The summed E-state index contributed by atoms with van der Waals surface area (Å²) in [5, 5.41) is 0. The smallest absolute Gasteiger partial charge is 0.0643 e. The molecule has 0 aliphatic carbocycles. The zero-order valence-electron chi connectivity index (χ0n) is 8.10. The summed E-state index contributed by atoms with van der Waals surface area (Å²) in [4.78, 5) is 0. The van der Waals surface area contributed by atoms with Crippen molar-refractivity contribution in [3.63, 3.8) is 0 Å². The number of unbranched alkanes of at least 4 members (excludes halogenated alkanes) is 1. The van der Waals surface area contributed by atoms with Crippen molar-refractivity contribution in [3.05, 3.63) is 0 Å². The number of hydrogen-bond donors (Lipinski definition) is 1. The van der Waals surface area contributed by atoms with E-state index in [0.29, 0.717) is 6.61 Å². The largest absolute Gasteiger partial charge is 0.380 e. The average molecular weight is 169 g/mol. The Bertz CT molecular complexity index is 146. The molecule has 0 aliphatic rings. The van der Waals surface area contributed by atoms with E-state index in [4.69, 9.17) is 16.9 Å². The number of nitrogens with two attached hydrogens (primary N) is 1. The van der Waals surface area contributed by atoms with E-state index < -0.39 is 0 Å². The second-order valence-corrected chi connectivity index (χ2v) is 3.37. The van der Waals surface area contributed by atoms with Crippen LogP contribution in [0.5, 0.6) is 0 Å². The molecule has 0 heterocycles. The monoisotopic (exact) mass is 169 g/mol. The lowest BCUT2D eigenvalue weighted by Crippen LogP contribution is -2.40. The molecule has 2 heteroatoms. The van der Waals surface area contributed by atoms with E-state index in [-0.39, 0.29) is 5.54 Å². The van der Waals surface area contributed by atoms with E-state index in [9.17, 15) is 0 Å². The standard InChI is InChI=1S/C10H19NO/c1-4-6-7-8-12-9-10(3,11)5-2/h1H,5-9,11H2,2-3H3. The maximum absolute atomic E-state index is 5.87. The Kier molecular flexibility index (Phi) is 5.79. The van der Waals surface area contributed by atoms with Gasteiger partial charge in [-0.15, -0.1) is 12.3 Å². The molecule has 0 spiro atoms. The van der Waals surface area contributed by atoms with Crippen LogP contribution >= 0.6 is 0 Å². The first-order valence-electron chi connectivity index (χ1n) is 4.42. The molecule has 0 amide bonds. The summed E-state index contributed by atoms with van der Waals surface area (Å²) < 4.78 is 5.37. The van der Waals surface area contributed by atoms with Gasteiger partial charge in [0.1, 0.15) is 0 Å². The molecule has 0 aromatic heterocycles. The highest BCUT2D eigenvalue weighted by Gasteiger charge is 2.14. The highest BCUT2D eigenvalue weighted by Crippen LogP contribution is 2.04. The van der Waals surface area contributed by atoms with Gasteiger partial charge in [-0.2, -0.15) is 0 Å². The summed E-state index contributed by atoms with van der Waals surface area (Å²) in [7, 11) is 0. The molecule has 0 fully saturated rings. The first-order valence-corrected chi connectivity index (χ1v) is 4.42. The third-order valence-corrected chi connectivity index (χ3v) is 1.85. The molecule has 0 saturated heterocycles. The Hall–Kier alpha value is -0.520. The molecule has 2 nitrogen and oxygen atoms in total. The number of terminal acetylenes is 1. The lowest BCUT2D eigenvalue weighted by molar-refractivity contribution is 0.0885. The molecular weight excluding hydrogens is 150 g/mol. The maximum Gasteiger partial charge on any atom is 0.0643 e. The van der Waals surface area contributed by atoms with Crippen LogP contribution in [0.2, 0.25) is 0 Å². The molecule has 70 valence electrons. The summed E-state index contributed by atoms with van der Waals surface area (Å²) in [5.74, 6) is 2.57. The zero-order chi connectivity index (χ0) is 9.45. The van der Waals surface area contributed by atoms with Crippen LogP contribution in [-0.2, 0) is 4.74 Å². The van der Waals surface area contributed by atoms with Crippen LogP contribution in [0.25, 0.3) is 0 Å². The van der Waals surface area contributed by atoms with Crippen molar-refractivity contribution >= 4 is 0 Å². The van der Waals surface area contributed by atoms with E-state index in [2.05, 4.69) is 12.8 Å². The van der Waals surface area contributed by atoms with Gasteiger partial charge >= 0.3 is 0 Å². The van der Waals surface area contributed by atoms with Crippen molar-refractivity contribution in [2.24, 2.45) is 5.73 Å². The van der Waals surface area contributed by atoms with Crippen molar-refractivity contribution in [3.8, 4) is 12.3 Å². The van der Waals surface area contributed by atoms with Crippen molar-refractivity contribution in [2.45, 2.75) is 38.6 Å². The predicted molar refractivity (Wildman–Crippen MR) is 51.8 cm³/mol. The summed E-state index contributed by atoms with van der Waals surface area (Å²) >= 11 is 0. The summed E-state index contributed by atoms with van der Waals surface area (Å²) in [6, 6.07) is 0. The fourth-order valence-corrected chi connectivity index (χ4v) is 0.684. The Morgan fingerprint density at radius 2 is 2.25 bits per heavy atom. The van der Waals surface area contributed by atoms with Crippen LogP contribution in [0, 0.1) is 12.3 Å². The quantitative estimate of drug-likeness (QED) is 0.483. The van der Waals surface area contributed by atoms with Crippen LogP contribution in [0.15, 0.2) is 0 Å². The van der Waals surface area contributed by atoms with Crippen molar-refractivity contribution < 1.29 is 4.74 Å². The predicted octanol–water partition coefficient (Wildman–Crippen LogP) is 1.54. The molecular formula is C10H19NO. The molecule has 1 unspecified atom stereocenters. The molecule has 1 atom stereocenters. The van der Waals surface area contributed by atoms with Crippen molar-refractivity contribution in [1.29, 1.82) is 0 Å². The fourth-order valence-electron chi connectivity index (χ4n) is 0.684. The van der Waals surface area contributed by atoms with Gasteiger partial charge in [-0.3, -0.25) is 0 Å². The SMILES string of the molecule is C#CCCCOCC(C)(N)CC. The second kappa shape index (κ2) is 6.05. The minimum atomic E-state index is -0.184. The first-order chi connectivity index (χ1) is 5.62. The highest BCUT2D eigenvalue weighted by atomic mass is 16.5. The van der Waals surface area contributed by atoms with Crippen LogP contribution in [0.1, 0.15) is 33.1 Å². The molecule has 0 saturated carbocycles. The van der Waals surface area contributed by atoms with Gasteiger partial charge in [-0.1, -0.05) is 6.92 Å². The van der Waals surface area contributed by atoms with Crippen LogP contribution in [0.3, 0.4) is 0 Å². The van der Waals surface area contributed by atoms with Gasteiger partial charge in [-0.25, -0.2) is 0 Å². The van der Waals surface area contributed by atoms with Crippen LogP contribution < -0.4 is 5.73 Å². The van der Waals surface area contributed by atoms with Crippen LogP contribution in [0.4, 0.5) is 0 Å². The first kappa shape index (κ1) is 11.5. The van der Waals surface area contributed by atoms with Gasteiger partial charge < -0.3 is 10.5 Å². The molecule has 0 bridgehead atoms. The Morgan fingerprint density at radius 1 is 1.58 bits per heavy atom. The number of hydrogen-bond acceptors (Lipinski definition) is 2. The summed E-state index contributed by atoms with van der Waals surface area (Å²) in [6.07, 6.45) is 7.74. The summed E-state index contributed by atoms with van der Waals surface area (Å²) in [6.45, 7) is 5.39. The lowest BCUT2D eigenvalue weighted by atomic mass is 10.0. The van der Waals surface area contributed by atoms with Gasteiger partial charge in [-0.05, 0) is 19.8 Å². The minimum absolute atomic E-state index is 0.184. The van der Waals surface area contributed by atoms with Crippen LogP contribution in [-0.4, -0.2) is 18.8 Å². The van der Waals surface area contributed by atoms with E-state index in [1.54, 1.807) is 0 Å². The minimum Gasteiger partial charge on any atom is -0.380 e. The van der Waals surface area contributed by atoms with Gasteiger partial charge in [0.05, 0.1) is 6.61 Å². The van der Waals surface area contributed by atoms with Gasteiger partial charge in [0.2, 0.25) is 0 Å². The van der Waals surface area contributed by atoms with Gasteiger partial charge in [0.25, 0.3) is 0 Å². The lowest BCUT2D eigenvalue weighted by Gasteiger charge is -2.22. The molecule has 0 aromatic rings. The van der Waals surface area contributed by atoms with Crippen molar-refractivity contribution in [2.75, 3.05) is 13.2 Å². The Morgan fingerprint density at radius 3 is 2.75 bits per heavy atom. The number of ether oxygens (including phenoxy) is 1. The molecule has 0 aliphatic heterocycles. The molecule has 0 radical (unpaired) electrons. The fraction of sp³-hybridized carbons (Fsp3) is 0.800. The van der Waals surface area contributed by atoms with E-state index >= 15 is 0 Å². The molecule has 2 N–H and O–H groups in total. The van der Waals surface area contributed by atoms with Gasteiger partial charge in [0.15, 0.2) is 0 Å². The van der Waals surface area contributed by atoms with Crippen molar-refractivity contribution in [1.82, 2.24) is 0 Å². The molecule has 12 heavy (non-hydrogen) atoms. The topological polar surface area (TPSA) is 35.2 Å². The van der Waals surface area contributed by atoms with E-state index in [1.807, 2.05) is 6.92 Å². The third-order valence-electron chi connectivity index (χ3n) is 1.85. The Balaban J connectivity index is 3.26. The number of rotatable bonds is 6. The maximum atomic E-state index is 5.87. The van der Waals surface area contributed by atoms with E-state index in [1.165, 1.54) is 0 Å². The van der Waals surface area contributed by atoms with Gasteiger partial charge in [0, 0.05) is 18.6 Å². The molecule has 0 aromatic carbocycles. The average Bonchev–Trinajstić information content (AvgIpc) is 2.04. The molecule has 0 rings (SSSR count). The second-order valence-electron chi connectivity index (χ2n) is 3.37. The Labute approximate surface area is 75.5 Å². The summed E-state index contributed by atoms with van der Waals surface area (Å²) in [5.41, 5.74) is 5.68. The normalized spacial score (nSPS) is 15.2. The van der Waals surface area contributed by atoms with E-state index in [0.717, 1.165) is 25.9 Å². The highest BCUT2D eigenvalue weighted by molar-refractivity contribution is 4.83.